The third-order valence-electron chi connectivity index (χ3n) is 3.74. The molecule has 0 aliphatic carbocycles. The first-order valence-corrected chi connectivity index (χ1v) is 8.15. The lowest BCUT2D eigenvalue weighted by molar-refractivity contribution is -0.121. The van der Waals surface area contributed by atoms with E-state index in [1.54, 1.807) is 0 Å². The van der Waals surface area contributed by atoms with Crippen LogP contribution in [-0.4, -0.2) is 11.6 Å². The summed E-state index contributed by atoms with van der Waals surface area (Å²) in [4.78, 5) is 11.9. The molecule has 1 amide bonds. The fourth-order valence-electron chi connectivity index (χ4n) is 2.37. The highest BCUT2D eigenvalue weighted by atomic mass is 16.2. The van der Waals surface area contributed by atoms with Crippen LogP contribution < -0.4 is 5.43 Å². The van der Waals surface area contributed by atoms with E-state index in [4.69, 9.17) is 0 Å². The zero-order chi connectivity index (χ0) is 16.5. The second kappa shape index (κ2) is 8.89. The largest absolute Gasteiger partial charge is 0.273 e. The molecule has 0 saturated carbocycles. The molecule has 0 atom stereocenters. The Kier molecular flexibility index (Phi) is 6.55. The zero-order valence-corrected chi connectivity index (χ0v) is 13.9. The lowest BCUT2D eigenvalue weighted by atomic mass is 10.1. The molecule has 0 saturated heterocycles. The molecule has 2 aromatic carbocycles. The van der Waals surface area contributed by atoms with Crippen LogP contribution in [0.1, 0.15) is 43.4 Å². The number of amides is 1. The van der Waals surface area contributed by atoms with Crippen molar-refractivity contribution in [3.05, 3.63) is 71.3 Å². The van der Waals surface area contributed by atoms with Crippen LogP contribution in [0, 0.1) is 0 Å². The predicted molar refractivity (Wildman–Crippen MR) is 95.6 cm³/mol. The Morgan fingerprint density at radius 1 is 0.957 bits per heavy atom. The van der Waals surface area contributed by atoms with Crippen LogP contribution in [0.3, 0.4) is 0 Å². The van der Waals surface area contributed by atoms with Gasteiger partial charge in [-0.25, -0.2) is 5.43 Å². The summed E-state index contributed by atoms with van der Waals surface area (Å²) in [5, 5.41) is 4.20. The monoisotopic (exact) mass is 308 g/mol. The Bertz CT molecular complexity index is 645. The number of carbonyl (C=O) groups excluding carboxylic acids is 1. The van der Waals surface area contributed by atoms with Gasteiger partial charge in [-0.1, -0.05) is 67.9 Å². The van der Waals surface area contributed by atoms with Crippen LogP contribution in [0.25, 0.3) is 0 Å². The van der Waals surface area contributed by atoms with Crippen LogP contribution in [-0.2, 0) is 17.6 Å². The van der Waals surface area contributed by atoms with E-state index in [2.05, 4.69) is 41.7 Å². The van der Waals surface area contributed by atoms with E-state index in [0.29, 0.717) is 6.42 Å². The first kappa shape index (κ1) is 16.9. The molecule has 0 fully saturated rings. The number of hydrogen-bond acceptors (Lipinski definition) is 2. The standard InChI is InChI=1S/C20H24N2O/c1-3-7-17-10-13-19(14-11-17)16(2)21-22-20(23)15-12-18-8-5-4-6-9-18/h4-6,8-11,13-14H,3,7,12,15H2,1-2H3,(H,22,23)/b21-16+. The zero-order valence-electron chi connectivity index (χ0n) is 13.9. The molecular weight excluding hydrogens is 284 g/mol. The highest BCUT2D eigenvalue weighted by Crippen LogP contribution is 2.08. The van der Waals surface area contributed by atoms with Crippen molar-refractivity contribution in [3.63, 3.8) is 0 Å². The van der Waals surface area contributed by atoms with Gasteiger partial charge in [-0.3, -0.25) is 4.79 Å². The van der Waals surface area contributed by atoms with Crippen molar-refractivity contribution in [2.45, 2.75) is 39.5 Å². The van der Waals surface area contributed by atoms with Gasteiger partial charge in [0.05, 0.1) is 5.71 Å². The van der Waals surface area contributed by atoms with Gasteiger partial charge in [-0.2, -0.15) is 5.10 Å². The number of hydrogen-bond donors (Lipinski definition) is 1. The normalized spacial score (nSPS) is 11.3. The lowest BCUT2D eigenvalue weighted by Gasteiger charge is -2.05. The van der Waals surface area contributed by atoms with Crippen LogP contribution in [0.15, 0.2) is 59.7 Å². The van der Waals surface area contributed by atoms with Gasteiger partial charge in [-0.05, 0) is 36.5 Å². The average Bonchev–Trinajstić information content (AvgIpc) is 2.59. The van der Waals surface area contributed by atoms with Crippen molar-refractivity contribution >= 4 is 11.6 Å². The van der Waals surface area contributed by atoms with Crippen LogP contribution in [0.2, 0.25) is 0 Å². The van der Waals surface area contributed by atoms with Crippen molar-refractivity contribution in [1.82, 2.24) is 5.43 Å². The average molecular weight is 308 g/mol. The Morgan fingerprint density at radius 3 is 2.26 bits per heavy atom. The maximum Gasteiger partial charge on any atom is 0.240 e. The fourth-order valence-corrected chi connectivity index (χ4v) is 2.37. The molecule has 3 nitrogen and oxygen atoms in total. The molecule has 0 bridgehead atoms. The van der Waals surface area contributed by atoms with Gasteiger partial charge >= 0.3 is 0 Å². The second-order valence-electron chi connectivity index (χ2n) is 5.66. The molecule has 1 N–H and O–H groups in total. The Hall–Kier alpha value is -2.42. The SMILES string of the molecule is CCCc1ccc(/C(C)=N/NC(=O)CCc2ccccc2)cc1. The Morgan fingerprint density at radius 2 is 1.61 bits per heavy atom. The first-order valence-electron chi connectivity index (χ1n) is 8.15. The summed E-state index contributed by atoms with van der Waals surface area (Å²) < 4.78 is 0. The van der Waals surface area contributed by atoms with E-state index < -0.39 is 0 Å². The van der Waals surface area contributed by atoms with E-state index in [1.807, 2.05) is 37.3 Å². The number of nitrogens with zero attached hydrogens (tertiary/aromatic N) is 1. The van der Waals surface area contributed by atoms with Gasteiger partial charge in [0, 0.05) is 6.42 Å². The molecule has 0 heterocycles. The minimum atomic E-state index is -0.0594. The van der Waals surface area contributed by atoms with E-state index in [0.717, 1.165) is 36.1 Å². The summed E-state index contributed by atoms with van der Waals surface area (Å²) in [6, 6.07) is 18.3. The molecule has 0 unspecified atom stereocenters. The smallest absolute Gasteiger partial charge is 0.240 e. The quantitative estimate of drug-likeness (QED) is 0.607. The van der Waals surface area contributed by atoms with Gasteiger partial charge in [0.2, 0.25) is 5.91 Å². The molecule has 0 aliphatic rings. The van der Waals surface area contributed by atoms with Crippen LogP contribution in [0.5, 0.6) is 0 Å². The maximum atomic E-state index is 11.9. The van der Waals surface area contributed by atoms with E-state index >= 15 is 0 Å². The molecule has 0 aromatic heterocycles. The predicted octanol–water partition coefficient (Wildman–Crippen LogP) is 4.11. The molecule has 2 aromatic rings. The number of benzene rings is 2. The Labute approximate surface area is 138 Å². The number of aryl methyl sites for hydroxylation is 2. The van der Waals surface area contributed by atoms with Crippen LogP contribution in [0.4, 0.5) is 0 Å². The first-order chi connectivity index (χ1) is 11.2. The fraction of sp³-hybridized carbons (Fsp3) is 0.300. The van der Waals surface area contributed by atoms with Gasteiger partial charge in [0.15, 0.2) is 0 Å². The lowest BCUT2D eigenvalue weighted by Crippen LogP contribution is -2.19. The summed E-state index contributed by atoms with van der Waals surface area (Å²) in [6.45, 7) is 4.08. The highest BCUT2D eigenvalue weighted by molar-refractivity contribution is 5.99. The summed E-state index contributed by atoms with van der Waals surface area (Å²) in [6.07, 6.45) is 3.40. The van der Waals surface area contributed by atoms with Crippen molar-refractivity contribution in [2.24, 2.45) is 5.10 Å². The molecular formula is C20H24N2O. The Balaban J connectivity index is 1.84. The topological polar surface area (TPSA) is 41.5 Å². The van der Waals surface area contributed by atoms with Gasteiger partial charge in [0.1, 0.15) is 0 Å². The van der Waals surface area contributed by atoms with Gasteiger partial charge in [0.25, 0.3) is 0 Å². The second-order valence-corrected chi connectivity index (χ2v) is 5.66. The van der Waals surface area contributed by atoms with Gasteiger partial charge < -0.3 is 0 Å². The number of hydrazone groups is 1. The molecule has 120 valence electrons. The molecule has 23 heavy (non-hydrogen) atoms. The van der Waals surface area contributed by atoms with Crippen molar-refractivity contribution in [3.8, 4) is 0 Å². The summed E-state index contributed by atoms with van der Waals surface area (Å²) in [5.41, 5.74) is 6.99. The number of rotatable bonds is 7. The highest BCUT2D eigenvalue weighted by Gasteiger charge is 2.02. The van der Waals surface area contributed by atoms with Crippen LogP contribution >= 0.6 is 0 Å². The number of nitrogens with one attached hydrogen (secondary N) is 1. The van der Waals surface area contributed by atoms with E-state index in [-0.39, 0.29) is 5.91 Å². The van der Waals surface area contributed by atoms with Crippen molar-refractivity contribution in [2.75, 3.05) is 0 Å². The van der Waals surface area contributed by atoms with E-state index in [1.165, 1.54) is 5.56 Å². The minimum absolute atomic E-state index is 0.0594. The molecule has 3 heteroatoms. The summed E-state index contributed by atoms with van der Waals surface area (Å²) in [5.74, 6) is -0.0594. The molecule has 0 spiro atoms. The molecule has 2 rings (SSSR count). The third-order valence-corrected chi connectivity index (χ3v) is 3.74. The summed E-state index contributed by atoms with van der Waals surface area (Å²) in [7, 11) is 0. The maximum absolute atomic E-state index is 11.9. The van der Waals surface area contributed by atoms with Crippen molar-refractivity contribution < 1.29 is 4.79 Å². The molecule has 0 radical (unpaired) electrons. The van der Waals surface area contributed by atoms with Crippen molar-refractivity contribution in [1.29, 1.82) is 0 Å². The third kappa shape index (κ3) is 5.70. The summed E-state index contributed by atoms with van der Waals surface area (Å²) >= 11 is 0. The van der Waals surface area contributed by atoms with E-state index in [9.17, 15) is 4.79 Å². The van der Waals surface area contributed by atoms with Gasteiger partial charge in [-0.15, -0.1) is 0 Å². The molecule has 0 aliphatic heterocycles. The minimum Gasteiger partial charge on any atom is -0.273 e. The number of carbonyl (C=O) groups is 1.